The summed E-state index contributed by atoms with van der Waals surface area (Å²) in [5, 5.41) is 15.4. The van der Waals surface area contributed by atoms with Crippen molar-refractivity contribution in [2.45, 2.75) is 0 Å². The van der Waals surface area contributed by atoms with Gasteiger partial charge in [0.1, 0.15) is 0 Å². The Hall–Kier alpha value is -6.28. The molecule has 0 nitrogen and oxygen atoms in total. The quantitative estimate of drug-likeness (QED) is 0.165. The molecule has 0 atom stereocenters. The summed E-state index contributed by atoms with van der Waals surface area (Å²) < 4.78 is 2.67. The van der Waals surface area contributed by atoms with E-state index in [9.17, 15) is 0 Å². The van der Waals surface area contributed by atoms with Gasteiger partial charge in [-0.05, 0) is 105 Å². The molecule has 1 heterocycles. The van der Waals surface area contributed by atoms with Crippen LogP contribution in [0, 0.1) is 0 Å². The predicted octanol–water partition coefficient (Wildman–Crippen LogP) is 14.8. The predicted molar refractivity (Wildman–Crippen MR) is 223 cm³/mol. The number of rotatable bonds is 3. The van der Waals surface area contributed by atoms with Gasteiger partial charge in [-0.25, -0.2) is 0 Å². The lowest BCUT2D eigenvalue weighted by atomic mass is 9.83. The van der Waals surface area contributed by atoms with Gasteiger partial charge in [-0.3, -0.25) is 0 Å². The number of fused-ring (bicyclic) bond motifs is 8. The van der Waals surface area contributed by atoms with Crippen molar-refractivity contribution in [2.24, 2.45) is 0 Å². The Labute approximate surface area is 299 Å². The highest BCUT2D eigenvalue weighted by molar-refractivity contribution is 7.25. The lowest BCUT2D eigenvalue weighted by molar-refractivity contribution is 1.67. The van der Waals surface area contributed by atoms with Crippen LogP contribution in [0.1, 0.15) is 0 Å². The second-order valence-electron chi connectivity index (χ2n) is 13.5. The molecule has 51 heavy (non-hydrogen) atoms. The maximum absolute atomic E-state index is 2.42. The Morgan fingerprint density at radius 3 is 1.37 bits per heavy atom. The van der Waals surface area contributed by atoms with Crippen molar-refractivity contribution in [3.63, 3.8) is 0 Å². The summed E-state index contributed by atoms with van der Waals surface area (Å²) in [5.74, 6) is 0. The summed E-state index contributed by atoms with van der Waals surface area (Å²) >= 11 is 1.89. The van der Waals surface area contributed by atoms with Crippen LogP contribution < -0.4 is 0 Å². The fourth-order valence-electron chi connectivity index (χ4n) is 8.64. The molecule has 0 amide bonds. The van der Waals surface area contributed by atoms with Crippen molar-refractivity contribution >= 4 is 85.4 Å². The van der Waals surface area contributed by atoms with E-state index in [0.29, 0.717) is 0 Å². The Morgan fingerprint density at radius 2 is 0.686 bits per heavy atom. The van der Waals surface area contributed by atoms with Gasteiger partial charge in [0.25, 0.3) is 0 Å². The maximum Gasteiger partial charge on any atom is 0.0362 e. The molecule has 0 aliphatic heterocycles. The van der Waals surface area contributed by atoms with Crippen molar-refractivity contribution in [1.82, 2.24) is 0 Å². The van der Waals surface area contributed by atoms with Crippen molar-refractivity contribution in [1.29, 1.82) is 0 Å². The van der Waals surface area contributed by atoms with E-state index in [1.54, 1.807) is 0 Å². The van der Waals surface area contributed by atoms with Gasteiger partial charge in [-0.15, -0.1) is 11.3 Å². The van der Waals surface area contributed by atoms with Gasteiger partial charge in [0.2, 0.25) is 0 Å². The average molecular weight is 663 g/mol. The van der Waals surface area contributed by atoms with E-state index >= 15 is 0 Å². The molecular formula is C50H30S. The number of benzene rings is 10. The van der Waals surface area contributed by atoms with E-state index in [0.717, 1.165) is 0 Å². The third-order valence-electron chi connectivity index (χ3n) is 10.9. The van der Waals surface area contributed by atoms with E-state index in [2.05, 4.69) is 182 Å². The van der Waals surface area contributed by atoms with Crippen molar-refractivity contribution < 1.29 is 0 Å². The summed E-state index contributed by atoms with van der Waals surface area (Å²) in [6, 6.07) is 67.5. The van der Waals surface area contributed by atoms with Crippen LogP contribution in [0.25, 0.3) is 107 Å². The first-order valence-corrected chi connectivity index (χ1v) is 18.4. The van der Waals surface area contributed by atoms with Gasteiger partial charge in [-0.2, -0.15) is 0 Å². The van der Waals surface area contributed by atoms with Gasteiger partial charge in [0, 0.05) is 20.2 Å². The van der Waals surface area contributed by atoms with E-state index in [1.165, 1.54) is 107 Å². The Kier molecular flexibility index (Phi) is 6.22. The lowest BCUT2D eigenvalue weighted by Gasteiger charge is -2.20. The summed E-state index contributed by atoms with van der Waals surface area (Å²) in [6.45, 7) is 0. The Balaban J connectivity index is 1.19. The summed E-state index contributed by atoms with van der Waals surface area (Å²) in [6.07, 6.45) is 0. The molecule has 0 bridgehead atoms. The third-order valence-corrected chi connectivity index (χ3v) is 12.0. The van der Waals surface area contributed by atoms with Gasteiger partial charge >= 0.3 is 0 Å². The lowest BCUT2D eigenvalue weighted by Crippen LogP contribution is -1.93. The minimum absolute atomic E-state index is 1.26. The van der Waals surface area contributed by atoms with Crippen molar-refractivity contribution in [2.75, 3.05) is 0 Å². The average Bonchev–Trinajstić information content (AvgIpc) is 3.56. The van der Waals surface area contributed by atoms with Crippen LogP contribution in [0.4, 0.5) is 0 Å². The molecule has 11 rings (SSSR count). The van der Waals surface area contributed by atoms with Crippen LogP contribution >= 0.6 is 11.3 Å². The van der Waals surface area contributed by atoms with Crippen LogP contribution in [-0.2, 0) is 0 Å². The topological polar surface area (TPSA) is 0 Å². The highest BCUT2D eigenvalue weighted by atomic mass is 32.1. The smallest absolute Gasteiger partial charge is 0.0362 e. The number of thiophene rings is 1. The molecule has 0 fully saturated rings. The van der Waals surface area contributed by atoms with Gasteiger partial charge in [-0.1, -0.05) is 164 Å². The second-order valence-corrected chi connectivity index (χ2v) is 14.6. The minimum atomic E-state index is 1.26. The second kappa shape index (κ2) is 11.1. The van der Waals surface area contributed by atoms with Gasteiger partial charge in [0.15, 0.2) is 0 Å². The number of hydrogen-bond donors (Lipinski definition) is 0. The summed E-state index contributed by atoms with van der Waals surface area (Å²) in [7, 11) is 0. The fourth-order valence-corrected chi connectivity index (χ4v) is 9.76. The van der Waals surface area contributed by atoms with E-state index in [1.807, 2.05) is 11.3 Å². The van der Waals surface area contributed by atoms with Crippen LogP contribution in [0.2, 0.25) is 0 Å². The summed E-state index contributed by atoms with van der Waals surface area (Å²) in [5.41, 5.74) is 7.66. The minimum Gasteiger partial charge on any atom is -0.135 e. The molecule has 11 aromatic rings. The largest absolute Gasteiger partial charge is 0.135 e. The maximum atomic E-state index is 2.42. The molecule has 0 radical (unpaired) electrons. The SMILES string of the molecule is c1cc(-c2ccc(-c3c4ccccc4c(-c4cccc5ccccc45)c4ccccc34)c3ccccc23)c2cc3sc4ccccc4c3cc2c1. The van der Waals surface area contributed by atoms with E-state index < -0.39 is 0 Å². The first-order chi connectivity index (χ1) is 25.3. The molecular weight excluding hydrogens is 633 g/mol. The molecule has 0 unspecified atom stereocenters. The highest BCUT2D eigenvalue weighted by Crippen LogP contribution is 2.48. The van der Waals surface area contributed by atoms with Gasteiger partial charge in [0.05, 0.1) is 0 Å². The normalized spacial score (nSPS) is 11.9. The first-order valence-electron chi connectivity index (χ1n) is 17.6. The zero-order valence-electron chi connectivity index (χ0n) is 27.7. The summed E-state index contributed by atoms with van der Waals surface area (Å²) in [4.78, 5) is 0. The molecule has 1 aromatic heterocycles. The van der Waals surface area contributed by atoms with Crippen molar-refractivity contribution in [3.05, 3.63) is 182 Å². The van der Waals surface area contributed by atoms with Crippen LogP contribution in [0.5, 0.6) is 0 Å². The van der Waals surface area contributed by atoms with Gasteiger partial charge < -0.3 is 0 Å². The van der Waals surface area contributed by atoms with Crippen molar-refractivity contribution in [3.8, 4) is 33.4 Å². The van der Waals surface area contributed by atoms with E-state index in [-0.39, 0.29) is 0 Å². The molecule has 0 N–H and O–H groups in total. The molecule has 1 heteroatoms. The zero-order chi connectivity index (χ0) is 33.5. The molecule has 0 aliphatic carbocycles. The number of hydrogen-bond acceptors (Lipinski definition) is 1. The standard InChI is InChI=1S/C50H30S/c1-2-16-33-31(13-1)14-11-25-39(33)49-40-20-5-7-22-42(40)50(43-23-8-6-21-41(43)49)44-28-27-37(34-17-3-4-18-35(34)44)36-24-12-15-32-29-46-38-19-9-10-26-47(38)51-48(46)30-45(32)36/h1-30H. The van der Waals surface area contributed by atoms with Crippen LogP contribution in [-0.4, -0.2) is 0 Å². The molecule has 236 valence electrons. The molecule has 10 aromatic carbocycles. The first kappa shape index (κ1) is 28.5. The molecule has 0 saturated carbocycles. The van der Waals surface area contributed by atoms with Crippen LogP contribution in [0.15, 0.2) is 182 Å². The molecule has 0 saturated heterocycles. The monoisotopic (exact) mass is 662 g/mol. The van der Waals surface area contributed by atoms with E-state index in [4.69, 9.17) is 0 Å². The third kappa shape index (κ3) is 4.26. The highest BCUT2D eigenvalue weighted by Gasteiger charge is 2.20. The molecule has 0 spiro atoms. The zero-order valence-corrected chi connectivity index (χ0v) is 28.5. The Bertz CT molecular complexity index is 3130. The molecule has 0 aliphatic rings. The van der Waals surface area contributed by atoms with Crippen LogP contribution in [0.3, 0.4) is 0 Å². The fraction of sp³-hybridized carbons (Fsp3) is 0. The Morgan fingerprint density at radius 1 is 0.235 bits per heavy atom.